The zero-order valence-corrected chi connectivity index (χ0v) is 25.9. The smallest absolute Gasteiger partial charge is 0.309 e. The van der Waals surface area contributed by atoms with E-state index in [1.807, 2.05) is 39.8 Å². The highest BCUT2D eigenvalue weighted by molar-refractivity contribution is 5.70. The molecule has 2 aliphatic heterocycles. The quantitative estimate of drug-likeness (QED) is 0.126. The molecule has 2 N–H and O–H groups in total. The number of cyclic esters (lactones) is 1. The minimum absolute atomic E-state index is 0.0928. The van der Waals surface area contributed by atoms with Crippen LogP contribution in [0.4, 0.5) is 0 Å². The van der Waals surface area contributed by atoms with E-state index in [2.05, 4.69) is 13.0 Å². The van der Waals surface area contributed by atoms with Gasteiger partial charge in [-0.15, -0.1) is 0 Å². The lowest BCUT2D eigenvalue weighted by molar-refractivity contribution is -0.178. The van der Waals surface area contributed by atoms with E-state index in [1.165, 1.54) is 13.8 Å². The Hall–Kier alpha value is -2.49. The number of rotatable bonds is 10. The molecule has 41 heavy (non-hydrogen) atoms. The second kappa shape index (κ2) is 15.7. The van der Waals surface area contributed by atoms with Gasteiger partial charge >= 0.3 is 17.9 Å². The molecule has 0 spiro atoms. The molecule has 2 aliphatic rings. The molecular formula is C32H50O9. The van der Waals surface area contributed by atoms with Gasteiger partial charge in [0.25, 0.3) is 0 Å². The van der Waals surface area contributed by atoms with Gasteiger partial charge in [-0.3, -0.25) is 14.4 Å². The molecule has 0 bridgehead atoms. The summed E-state index contributed by atoms with van der Waals surface area (Å²) in [5.74, 6) is -1.56. The molecule has 0 radical (unpaired) electrons. The summed E-state index contributed by atoms with van der Waals surface area (Å²) in [7, 11) is 0. The number of ether oxygens (including phenoxy) is 4. The molecule has 0 aliphatic carbocycles. The fraction of sp³-hybridized carbons (Fsp3) is 0.719. The Kier molecular flexibility index (Phi) is 13.3. The molecule has 0 aromatic carbocycles. The maximum atomic E-state index is 12.7. The zero-order chi connectivity index (χ0) is 30.9. The van der Waals surface area contributed by atoms with Gasteiger partial charge in [-0.2, -0.15) is 0 Å². The Morgan fingerprint density at radius 3 is 2.49 bits per heavy atom. The average Bonchev–Trinajstić information content (AvgIpc) is 3.64. The van der Waals surface area contributed by atoms with Crippen molar-refractivity contribution in [2.45, 2.75) is 130 Å². The summed E-state index contributed by atoms with van der Waals surface area (Å²) >= 11 is 0. The molecule has 0 aromatic rings. The van der Waals surface area contributed by atoms with E-state index >= 15 is 0 Å². The Bertz CT molecular complexity index is 986. The van der Waals surface area contributed by atoms with Crippen LogP contribution in [-0.2, 0) is 33.3 Å². The third-order valence-electron chi connectivity index (χ3n) is 7.99. The van der Waals surface area contributed by atoms with E-state index in [4.69, 9.17) is 18.9 Å². The van der Waals surface area contributed by atoms with Crippen LogP contribution in [0.3, 0.4) is 0 Å². The van der Waals surface area contributed by atoms with Crippen molar-refractivity contribution < 1.29 is 43.5 Å². The van der Waals surface area contributed by atoms with E-state index in [0.717, 1.165) is 12.0 Å². The normalized spacial score (nSPS) is 34.4. The molecule has 10 atom stereocenters. The summed E-state index contributed by atoms with van der Waals surface area (Å²) in [6, 6.07) is 0. The SMILES string of the molecule is CCC(O)C(C)C1OC1CC(C)/C=C/C=C(\C)C1OC(=O)CC(O)CCC(C)(OC(C)=O)C(OC(C)=O)/C=C/C1C. The zero-order valence-electron chi connectivity index (χ0n) is 25.9. The van der Waals surface area contributed by atoms with Crippen LogP contribution < -0.4 is 0 Å². The first kappa shape index (κ1) is 34.7. The van der Waals surface area contributed by atoms with Crippen LogP contribution in [0.25, 0.3) is 0 Å². The molecule has 232 valence electrons. The van der Waals surface area contributed by atoms with Gasteiger partial charge in [-0.05, 0) is 57.1 Å². The number of carbonyl (C=O) groups excluding carboxylic acids is 3. The van der Waals surface area contributed by atoms with Gasteiger partial charge in [0.05, 0.1) is 30.8 Å². The highest BCUT2D eigenvalue weighted by Gasteiger charge is 2.45. The molecule has 1 fully saturated rings. The Morgan fingerprint density at radius 1 is 1.20 bits per heavy atom. The largest absolute Gasteiger partial charge is 0.457 e. The molecule has 9 heteroatoms. The average molecular weight is 579 g/mol. The molecule has 9 nitrogen and oxygen atoms in total. The molecule has 1 saturated heterocycles. The van der Waals surface area contributed by atoms with Crippen molar-refractivity contribution in [1.82, 2.24) is 0 Å². The number of hydrogen-bond acceptors (Lipinski definition) is 9. The topological polar surface area (TPSA) is 132 Å². The highest BCUT2D eigenvalue weighted by Crippen LogP contribution is 2.36. The summed E-state index contributed by atoms with van der Waals surface area (Å²) in [5.41, 5.74) is -0.425. The third kappa shape index (κ3) is 11.0. The lowest BCUT2D eigenvalue weighted by atomic mass is 9.88. The first-order valence-corrected chi connectivity index (χ1v) is 14.8. The van der Waals surface area contributed by atoms with E-state index in [1.54, 1.807) is 19.1 Å². The lowest BCUT2D eigenvalue weighted by Gasteiger charge is -2.36. The van der Waals surface area contributed by atoms with Crippen molar-refractivity contribution in [3.05, 3.63) is 36.0 Å². The second-order valence-corrected chi connectivity index (χ2v) is 12.0. The van der Waals surface area contributed by atoms with E-state index in [-0.39, 0.29) is 55.3 Å². The van der Waals surface area contributed by atoms with Crippen LogP contribution in [0.5, 0.6) is 0 Å². The predicted molar refractivity (Wildman–Crippen MR) is 155 cm³/mol. The monoisotopic (exact) mass is 578 g/mol. The van der Waals surface area contributed by atoms with Crippen LogP contribution in [-0.4, -0.2) is 70.3 Å². The van der Waals surface area contributed by atoms with Gasteiger partial charge < -0.3 is 29.2 Å². The van der Waals surface area contributed by atoms with Gasteiger partial charge in [0.2, 0.25) is 0 Å². The minimum Gasteiger partial charge on any atom is -0.457 e. The fourth-order valence-electron chi connectivity index (χ4n) is 5.39. The predicted octanol–water partition coefficient (Wildman–Crippen LogP) is 4.59. The molecule has 0 amide bonds. The van der Waals surface area contributed by atoms with Crippen LogP contribution in [0.1, 0.15) is 87.5 Å². The van der Waals surface area contributed by atoms with Crippen molar-refractivity contribution in [2.75, 3.05) is 0 Å². The molecule has 10 unspecified atom stereocenters. The lowest BCUT2D eigenvalue weighted by Crippen LogP contribution is -2.45. The van der Waals surface area contributed by atoms with E-state index < -0.39 is 41.8 Å². The molecular weight excluding hydrogens is 528 g/mol. The summed E-state index contributed by atoms with van der Waals surface area (Å²) in [4.78, 5) is 36.6. The Balaban J connectivity index is 2.21. The van der Waals surface area contributed by atoms with Crippen molar-refractivity contribution in [3.63, 3.8) is 0 Å². The van der Waals surface area contributed by atoms with Gasteiger partial charge in [-0.1, -0.05) is 52.0 Å². The number of hydrogen-bond donors (Lipinski definition) is 2. The summed E-state index contributed by atoms with van der Waals surface area (Å²) in [6.45, 7) is 14.1. The van der Waals surface area contributed by atoms with Crippen LogP contribution >= 0.6 is 0 Å². The molecule has 2 rings (SSSR count). The molecule has 2 heterocycles. The Labute approximate surface area is 244 Å². The number of carbonyl (C=O) groups is 3. The first-order chi connectivity index (χ1) is 19.2. The molecule has 0 saturated carbocycles. The Morgan fingerprint density at radius 2 is 1.88 bits per heavy atom. The summed E-state index contributed by atoms with van der Waals surface area (Å²) in [5, 5.41) is 20.6. The van der Waals surface area contributed by atoms with Gasteiger partial charge in [0.1, 0.15) is 11.7 Å². The standard InChI is InChI=1S/C32H50O9/c1-9-26(36)22(5)31-27(39-31)17-19(2)11-10-12-20(3)30-21(4)13-14-28(38-23(6)33)32(8,41-24(7)34)16-15-25(35)18-29(37)40-30/h10-14,19,21-22,25-28,30-31,35-36H,9,15-18H2,1-8H3/b11-10+,14-13+,20-12+. The third-order valence-corrected chi connectivity index (χ3v) is 7.99. The second-order valence-electron chi connectivity index (χ2n) is 12.0. The van der Waals surface area contributed by atoms with Gasteiger partial charge in [-0.25, -0.2) is 0 Å². The fourth-order valence-corrected chi connectivity index (χ4v) is 5.39. The van der Waals surface area contributed by atoms with Crippen LogP contribution in [0.15, 0.2) is 36.0 Å². The van der Waals surface area contributed by atoms with Crippen molar-refractivity contribution in [1.29, 1.82) is 0 Å². The van der Waals surface area contributed by atoms with Crippen molar-refractivity contribution in [3.8, 4) is 0 Å². The number of allylic oxidation sites excluding steroid dienone is 3. The van der Waals surface area contributed by atoms with Crippen LogP contribution in [0.2, 0.25) is 0 Å². The summed E-state index contributed by atoms with van der Waals surface area (Å²) < 4.78 is 22.8. The summed E-state index contributed by atoms with van der Waals surface area (Å²) in [6.07, 6.45) is 8.38. The molecule has 0 aromatic heterocycles. The highest BCUT2D eigenvalue weighted by atomic mass is 16.6. The number of aliphatic hydroxyl groups excluding tert-OH is 2. The van der Waals surface area contributed by atoms with E-state index in [0.29, 0.717) is 6.42 Å². The van der Waals surface area contributed by atoms with Gasteiger partial charge in [0.15, 0.2) is 6.10 Å². The van der Waals surface area contributed by atoms with Gasteiger partial charge in [0, 0.05) is 25.7 Å². The maximum Gasteiger partial charge on any atom is 0.309 e. The van der Waals surface area contributed by atoms with E-state index in [9.17, 15) is 24.6 Å². The maximum absolute atomic E-state index is 12.7. The number of aliphatic hydroxyl groups is 2. The van der Waals surface area contributed by atoms with Crippen molar-refractivity contribution in [2.24, 2.45) is 17.8 Å². The van der Waals surface area contributed by atoms with Crippen LogP contribution in [0, 0.1) is 17.8 Å². The number of esters is 3. The number of epoxide rings is 1. The minimum atomic E-state index is -1.23. The first-order valence-electron chi connectivity index (χ1n) is 14.8. The van der Waals surface area contributed by atoms with Crippen molar-refractivity contribution >= 4 is 17.9 Å².